The van der Waals surface area contributed by atoms with Gasteiger partial charge < -0.3 is 4.52 Å². The molecule has 3 heteroatoms. The molecule has 0 bridgehead atoms. The Bertz CT molecular complexity index is 432. The smallest absolute Gasteiger partial charge is 0.177 e. The normalized spacial score (nSPS) is 13.4. The third-order valence-electron chi connectivity index (χ3n) is 3.03. The van der Waals surface area contributed by atoms with Gasteiger partial charge in [-0.1, -0.05) is 38.3 Å². The minimum absolute atomic E-state index is 0.588. The highest BCUT2D eigenvalue weighted by Crippen LogP contribution is 2.34. The van der Waals surface area contributed by atoms with Crippen LogP contribution in [0.15, 0.2) is 16.0 Å². The average Bonchev–Trinajstić information content (AvgIpc) is 2.86. The van der Waals surface area contributed by atoms with Crippen molar-refractivity contribution in [2.45, 2.75) is 51.9 Å². The van der Waals surface area contributed by atoms with Gasteiger partial charge in [-0.05, 0) is 24.3 Å². The standard InChI is InChI=1S/C13H19NOS/c1-3-5-7-10(6-4-2)12-13-11(15-14-12)8-9-16-13/h8-10H,3-7H2,1-2H3. The lowest BCUT2D eigenvalue weighted by Gasteiger charge is -2.12. The van der Waals surface area contributed by atoms with E-state index in [1.54, 1.807) is 11.3 Å². The molecule has 2 nitrogen and oxygen atoms in total. The zero-order valence-electron chi connectivity index (χ0n) is 10.0. The number of aromatic nitrogens is 1. The summed E-state index contributed by atoms with van der Waals surface area (Å²) in [5, 5.41) is 6.35. The fraction of sp³-hybridized carbons (Fsp3) is 0.615. The molecule has 0 spiro atoms. The van der Waals surface area contributed by atoms with Crippen LogP contribution in [0.5, 0.6) is 0 Å². The maximum atomic E-state index is 5.36. The van der Waals surface area contributed by atoms with E-state index in [-0.39, 0.29) is 0 Å². The lowest BCUT2D eigenvalue weighted by molar-refractivity contribution is 0.423. The first-order valence-electron chi connectivity index (χ1n) is 6.19. The molecule has 0 aliphatic rings. The highest BCUT2D eigenvalue weighted by molar-refractivity contribution is 7.17. The quantitative estimate of drug-likeness (QED) is 0.709. The predicted octanol–water partition coefficient (Wildman–Crippen LogP) is 4.96. The van der Waals surface area contributed by atoms with Gasteiger partial charge in [-0.2, -0.15) is 0 Å². The number of unbranched alkanes of at least 4 members (excludes halogenated alkanes) is 1. The SMILES string of the molecule is CCCCC(CCC)c1noc2ccsc12. The van der Waals surface area contributed by atoms with Crippen molar-refractivity contribution < 1.29 is 4.52 Å². The van der Waals surface area contributed by atoms with Gasteiger partial charge in [-0.15, -0.1) is 11.3 Å². The molecular formula is C13H19NOS. The van der Waals surface area contributed by atoms with E-state index in [2.05, 4.69) is 24.4 Å². The predicted molar refractivity (Wildman–Crippen MR) is 69.1 cm³/mol. The molecule has 0 aliphatic carbocycles. The average molecular weight is 237 g/mol. The molecule has 0 saturated carbocycles. The summed E-state index contributed by atoms with van der Waals surface area (Å²) in [7, 11) is 0. The van der Waals surface area contributed by atoms with Crippen molar-refractivity contribution in [1.29, 1.82) is 0 Å². The van der Waals surface area contributed by atoms with Crippen LogP contribution in [0.2, 0.25) is 0 Å². The third kappa shape index (κ3) is 2.29. The van der Waals surface area contributed by atoms with E-state index in [1.165, 1.54) is 42.5 Å². The lowest BCUT2D eigenvalue weighted by Crippen LogP contribution is -1.99. The molecule has 2 rings (SSSR count). The van der Waals surface area contributed by atoms with Crippen LogP contribution < -0.4 is 0 Å². The summed E-state index contributed by atoms with van der Waals surface area (Å²) in [5.74, 6) is 0.588. The van der Waals surface area contributed by atoms with Crippen LogP contribution in [-0.4, -0.2) is 5.16 Å². The van der Waals surface area contributed by atoms with Crippen molar-refractivity contribution >= 4 is 21.6 Å². The van der Waals surface area contributed by atoms with Crippen LogP contribution in [0.3, 0.4) is 0 Å². The van der Waals surface area contributed by atoms with Crippen LogP contribution in [-0.2, 0) is 0 Å². The second kappa shape index (κ2) is 5.48. The largest absolute Gasteiger partial charge is 0.355 e. The van der Waals surface area contributed by atoms with Crippen LogP contribution in [0, 0.1) is 0 Å². The Balaban J connectivity index is 2.21. The van der Waals surface area contributed by atoms with Crippen LogP contribution in [0.4, 0.5) is 0 Å². The topological polar surface area (TPSA) is 26.0 Å². The zero-order valence-corrected chi connectivity index (χ0v) is 10.8. The second-order valence-corrected chi connectivity index (χ2v) is 5.23. The summed E-state index contributed by atoms with van der Waals surface area (Å²) in [6, 6.07) is 2.01. The van der Waals surface area contributed by atoms with Gasteiger partial charge in [0.1, 0.15) is 5.69 Å². The van der Waals surface area contributed by atoms with Crippen molar-refractivity contribution in [3.8, 4) is 0 Å². The summed E-state index contributed by atoms with van der Waals surface area (Å²) in [5.41, 5.74) is 2.15. The summed E-state index contributed by atoms with van der Waals surface area (Å²) in [4.78, 5) is 0. The molecule has 0 aliphatic heterocycles. The van der Waals surface area contributed by atoms with E-state index in [0.29, 0.717) is 5.92 Å². The van der Waals surface area contributed by atoms with Crippen molar-refractivity contribution in [1.82, 2.24) is 5.16 Å². The Labute approximate surface area is 101 Å². The number of fused-ring (bicyclic) bond motifs is 1. The zero-order chi connectivity index (χ0) is 11.4. The monoisotopic (exact) mass is 237 g/mol. The molecular weight excluding hydrogens is 218 g/mol. The van der Waals surface area contributed by atoms with Crippen LogP contribution >= 0.6 is 11.3 Å². The molecule has 2 aromatic heterocycles. The number of thiophene rings is 1. The molecule has 2 aromatic rings. The first-order chi connectivity index (χ1) is 7.86. The molecule has 2 heterocycles. The summed E-state index contributed by atoms with van der Waals surface area (Å²) in [6.07, 6.45) is 6.22. The van der Waals surface area contributed by atoms with Gasteiger partial charge in [0, 0.05) is 5.92 Å². The van der Waals surface area contributed by atoms with Gasteiger partial charge in [0.2, 0.25) is 0 Å². The van der Waals surface area contributed by atoms with Gasteiger partial charge in [0.15, 0.2) is 5.58 Å². The van der Waals surface area contributed by atoms with E-state index in [4.69, 9.17) is 4.52 Å². The molecule has 16 heavy (non-hydrogen) atoms. The number of hydrogen-bond donors (Lipinski definition) is 0. The van der Waals surface area contributed by atoms with Crippen molar-refractivity contribution in [3.63, 3.8) is 0 Å². The van der Waals surface area contributed by atoms with E-state index in [1.807, 2.05) is 6.07 Å². The van der Waals surface area contributed by atoms with Crippen molar-refractivity contribution in [2.75, 3.05) is 0 Å². The highest BCUT2D eigenvalue weighted by Gasteiger charge is 2.18. The Morgan fingerprint density at radius 3 is 2.94 bits per heavy atom. The molecule has 0 aromatic carbocycles. The van der Waals surface area contributed by atoms with E-state index < -0.39 is 0 Å². The molecule has 0 saturated heterocycles. The molecule has 1 unspecified atom stereocenters. The van der Waals surface area contributed by atoms with E-state index in [9.17, 15) is 0 Å². The third-order valence-corrected chi connectivity index (χ3v) is 3.95. The van der Waals surface area contributed by atoms with Gasteiger partial charge >= 0.3 is 0 Å². The van der Waals surface area contributed by atoms with Gasteiger partial charge in [0.05, 0.1) is 4.70 Å². The Hall–Kier alpha value is -0.830. The van der Waals surface area contributed by atoms with Gasteiger partial charge in [-0.25, -0.2) is 0 Å². The minimum Gasteiger partial charge on any atom is -0.355 e. The Morgan fingerprint density at radius 2 is 2.19 bits per heavy atom. The maximum Gasteiger partial charge on any atom is 0.177 e. The first-order valence-corrected chi connectivity index (χ1v) is 7.07. The second-order valence-electron chi connectivity index (χ2n) is 4.31. The number of nitrogens with zero attached hydrogens (tertiary/aromatic N) is 1. The summed E-state index contributed by atoms with van der Waals surface area (Å²) >= 11 is 1.75. The lowest BCUT2D eigenvalue weighted by atomic mass is 9.94. The minimum atomic E-state index is 0.588. The Kier molecular flexibility index (Phi) is 3.99. The van der Waals surface area contributed by atoms with Crippen LogP contribution in [0.25, 0.3) is 10.3 Å². The van der Waals surface area contributed by atoms with Gasteiger partial charge in [-0.3, -0.25) is 0 Å². The maximum absolute atomic E-state index is 5.36. The number of hydrogen-bond acceptors (Lipinski definition) is 3. The molecule has 0 radical (unpaired) electrons. The van der Waals surface area contributed by atoms with Crippen molar-refractivity contribution in [2.24, 2.45) is 0 Å². The molecule has 0 N–H and O–H groups in total. The summed E-state index contributed by atoms with van der Waals surface area (Å²) in [6.45, 7) is 4.48. The Morgan fingerprint density at radius 1 is 1.31 bits per heavy atom. The summed E-state index contributed by atoms with van der Waals surface area (Å²) < 4.78 is 6.62. The van der Waals surface area contributed by atoms with Crippen LogP contribution in [0.1, 0.15) is 57.6 Å². The van der Waals surface area contributed by atoms with Crippen molar-refractivity contribution in [3.05, 3.63) is 17.1 Å². The van der Waals surface area contributed by atoms with E-state index >= 15 is 0 Å². The fourth-order valence-electron chi connectivity index (χ4n) is 2.17. The molecule has 0 amide bonds. The molecule has 1 atom stereocenters. The molecule has 0 fully saturated rings. The van der Waals surface area contributed by atoms with E-state index in [0.717, 1.165) is 5.58 Å². The van der Waals surface area contributed by atoms with Gasteiger partial charge in [0.25, 0.3) is 0 Å². The fourth-order valence-corrected chi connectivity index (χ4v) is 3.05. The molecule has 88 valence electrons. The highest BCUT2D eigenvalue weighted by atomic mass is 32.1. The number of rotatable bonds is 6. The first kappa shape index (κ1) is 11.6.